The van der Waals surface area contributed by atoms with Crippen LogP contribution in [0.4, 0.5) is 5.69 Å². The van der Waals surface area contributed by atoms with Crippen LogP contribution >= 0.6 is 12.2 Å². The minimum absolute atomic E-state index is 0.187. The average Bonchev–Trinajstić information content (AvgIpc) is 3.35. The van der Waals surface area contributed by atoms with E-state index in [2.05, 4.69) is 41.6 Å². The number of carbonyl (C=O) groups is 1. The molecule has 0 saturated carbocycles. The fourth-order valence-corrected chi connectivity index (χ4v) is 4.42. The zero-order valence-electron chi connectivity index (χ0n) is 20.9. The molecule has 1 amide bonds. The summed E-state index contributed by atoms with van der Waals surface area (Å²) in [6.07, 6.45) is 1.07. The molecule has 0 radical (unpaired) electrons. The molecule has 6 nitrogen and oxygen atoms in total. The molecule has 0 unspecified atom stereocenters. The van der Waals surface area contributed by atoms with Crippen LogP contribution in [0.15, 0.2) is 83.3 Å². The summed E-state index contributed by atoms with van der Waals surface area (Å²) in [6, 6.07) is 25.1. The summed E-state index contributed by atoms with van der Waals surface area (Å²) in [7, 11) is 1.54. The third-order valence-corrected chi connectivity index (χ3v) is 6.73. The third kappa shape index (κ3) is 5.17. The number of thiocarbonyl (C=S) groups is 1. The zero-order valence-corrected chi connectivity index (χ0v) is 21.7. The number of methoxy groups -OCH3 is 1. The monoisotopic (exact) mass is 509 g/mol. The molecule has 0 spiro atoms. The van der Waals surface area contributed by atoms with Gasteiger partial charge in [0.25, 0.3) is 5.91 Å². The molecule has 5 aromatic rings. The molecule has 1 atom stereocenters. The van der Waals surface area contributed by atoms with E-state index in [4.69, 9.17) is 21.4 Å². The van der Waals surface area contributed by atoms with Crippen LogP contribution in [0.25, 0.3) is 33.3 Å². The maximum atomic E-state index is 12.9. The molecule has 1 aromatic heterocycles. The minimum Gasteiger partial charge on any atom is -0.496 e. The Morgan fingerprint density at radius 2 is 1.76 bits per heavy atom. The van der Waals surface area contributed by atoms with Gasteiger partial charge in [-0.3, -0.25) is 10.1 Å². The SMILES string of the molecule is CC[C@@H](C)c1ccc2oc(-c3ccc(NC(=S)NC(=O)c4cc5ccccc5cc4OC)cc3)nc2c1. The first-order valence-electron chi connectivity index (χ1n) is 12.1. The van der Waals surface area contributed by atoms with Gasteiger partial charge in [0.15, 0.2) is 10.7 Å². The summed E-state index contributed by atoms with van der Waals surface area (Å²) in [5.41, 5.74) is 4.86. The average molecular weight is 510 g/mol. The lowest BCUT2D eigenvalue weighted by molar-refractivity contribution is 0.0975. The lowest BCUT2D eigenvalue weighted by Crippen LogP contribution is -2.34. The number of carbonyl (C=O) groups excluding carboxylic acids is 1. The third-order valence-electron chi connectivity index (χ3n) is 6.52. The number of fused-ring (bicyclic) bond motifs is 2. The van der Waals surface area contributed by atoms with Gasteiger partial charge >= 0.3 is 0 Å². The van der Waals surface area contributed by atoms with Crippen LogP contribution in [-0.4, -0.2) is 23.1 Å². The highest BCUT2D eigenvalue weighted by Crippen LogP contribution is 2.29. The van der Waals surface area contributed by atoms with Gasteiger partial charge in [0.1, 0.15) is 11.3 Å². The summed E-state index contributed by atoms with van der Waals surface area (Å²) in [6.45, 7) is 4.38. The number of hydrogen-bond donors (Lipinski definition) is 2. The van der Waals surface area contributed by atoms with Crippen molar-refractivity contribution in [1.82, 2.24) is 10.3 Å². The smallest absolute Gasteiger partial charge is 0.261 e. The van der Waals surface area contributed by atoms with E-state index in [1.165, 1.54) is 5.56 Å². The van der Waals surface area contributed by atoms with E-state index in [-0.39, 0.29) is 11.0 Å². The highest BCUT2D eigenvalue weighted by atomic mass is 32.1. The molecule has 186 valence electrons. The van der Waals surface area contributed by atoms with E-state index < -0.39 is 0 Å². The van der Waals surface area contributed by atoms with Crippen molar-refractivity contribution in [3.63, 3.8) is 0 Å². The molecule has 0 saturated heterocycles. The van der Waals surface area contributed by atoms with Crippen molar-refractivity contribution in [3.8, 4) is 17.2 Å². The van der Waals surface area contributed by atoms with Crippen molar-refractivity contribution in [2.75, 3.05) is 12.4 Å². The van der Waals surface area contributed by atoms with Gasteiger partial charge in [0.05, 0.1) is 12.7 Å². The van der Waals surface area contributed by atoms with E-state index >= 15 is 0 Å². The number of nitrogens with one attached hydrogen (secondary N) is 2. The van der Waals surface area contributed by atoms with Crippen LogP contribution in [0.2, 0.25) is 0 Å². The van der Waals surface area contributed by atoms with Crippen LogP contribution < -0.4 is 15.4 Å². The number of rotatable bonds is 6. The Bertz CT molecular complexity index is 1610. The molecule has 0 aliphatic heterocycles. The molecule has 2 N–H and O–H groups in total. The second-order valence-corrected chi connectivity index (χ2v) is 9.35. The Morgan fingerprint density at radius 3 is 2.46 bits per heavy atom. The molecule has 1 heterocycles. The van der Waals surface area contributed by atoms with E-state index in [9.17, 15) is 4.79 Å². The number of benzene rings is 4. The maximum absolute atomic E-state index is 12.9. The Hall–Kier alpha value is -4.23. The number of amides is 1. The van der Waals surface area contributed by atoms with E-state index in [0.717, 1.165) is 39.5 Å². The van der Waals surface area contributed by atoms with Gasteiger partial charge in [-0.25, -0.2) is 4.98 Å². The first kappa shape index (κ1) is 24.5. The Balaban J connectivity index is 1.28. The topological polar surface area (TPSA) is 76.4 Å². The van der Waals surface area contributed by atoms with Gasteiger partial charge in [0.2, 0.25) is 5.89 Å². The van der Waals surface area contributed by atoms with E-state index in [1.54, 1.807) is 13.2 Å². The van der Waals surface area contributed by atoms with Crippen LogP contribution in [0.5, 0.6) is 5.75 Å². The molecule has 0 bridgehead atoms. The number of aromatic nitrogens is 1. The normalized spacial score (nSPS) is 11.9. The van der Waals surface area contributed by atoms with Crippen molar-refractivity contribution in [2.24, 2.45) is 0 Å². The zero-order chi connectivity index (χ0) is 25.9. The summed E-state index contributed by atoms with van der Waals surface area (Å²) in [5.74, 6) is 1.17. The molecule has 0 aliphatic rings. The Morgan fingerprint density at radius 1 is 1.03 bits per heavy atom. The van der Waals surface area contributed by atoms with Crippen molar-refractivity contribution in [2.45, 2.75) is 26.2 Å². The minimum atomic E-state index is -0.347. The van der Waals surface area contributed by atoms with Gasteiger partial charge in [-0.05, 0) is 89.4 Å². The maximum Gasteiger partial charge on any atom is 0.261 e. The van der Waals surface area contributed by atoms with Gasteiger partial charge in [-0.1, -0.05) is 44.2 Å². The van der Waals surface area contributed by atoms with E-state index in [0.29, 0.717) is 23.1 Å². The number of ether oxygens (including phenoxy) is 1. The number of nitrogens with zero attached hydrogens (tertiary/aromatic N) is 1. The summed E-state index contributed by atoms with van der Waals surface area (Å²) >= 11 is 5.39. The second-order valence-electron chi connectivity index (χ2n) is 8.94. The standard InChI is InChI=1S/C30H27N3O3S/c1-4-18(2)20-11-14-26-25(16-20)32-29(36-26)19-9-12-23(13-10-19)31-30(37)33-28(34)24-15-21-7-5-6-8-22(21)17-27(24)35-3/h5-18H,4H2,1-3H3,(H2,31,33,34,37)/t18-/m1/s1. The van der Waals surface area contributed by atoms with Crippen LogP contribution in [-0.2, 0) is 0 Å². The van der Waals surface area contributed by atoms with E-state index in [1.807, 2.05) is 60.7 Å². The first-order valence-corrected chi connectivity index (χ1v) is 12.6. The van der Waals surface area contributed by atoms with Crippen LogP contribution in [0, 0.1) is 0 Å². The fraction of sp³-hybridized carbons (Fsp3) is 0.167. The second kappa shape index (κ2) is 10.4. The molecule has 7 heteroatoms. The van der Waals surface area contributed by atoms with Crippen LogP contribution in [0.3, 0.4) is 0 Å². The first-order chi connectivity index (χ1) is 17.9. The number of oxazole rings is 1. The lowest BCUT2D eigenvalue weighted by atomic mass is 9.98. The molecule has 0 fully saturated rings. The Kier molecular flexibility index (Phi) is 6.88. The van der Waals surface area contributed by atoms with Crippen molar-refractivity contribution in [1.29, 1.82) is 0 Å². The molecular weight excluding hydrogens is 482 g/mol. The van der Waals surface area contributed by atoms with Gasteiger partial charge < -0.3 is 14.5 Å². The molecular formula is C30H27N3O3S. The summed E-state index contributed by atoms with van der Waals surface area (Å²) in [4.78, 5) is 17.6. The van der Waals surface area contributed by atoms with Gasteiger partial charge in [-0.2, -0.15) is 0 Å². The van der Waals surface area contributed by atoms with Crippen LogP contribution in [0.1, 0.15) is 42.1 Å². The predicted molar refractivity (Wildman–Crippen MR) is 152 cm³/mol. The molecule has 37 heavy (non-hydrogen) atoms. The molecule has 4 aromatic carbocycles. The lowest BCUT2D eigenvalue weighted by Gasteiger charge is -2.13. The van der Waals surface area contributed by atoms with Crippen molar-refractivity contribution < 1.29 is 13.9 Å². The number of hydrogen-bond acceptors (Lipinski definition) is 5. The number of anilines is 1. The highest BCUT2D eigenvalue weighted by Gasteiger charge is 2.16. The van der Waals surface area contributed by atoms with Crippen molar-refractivity contribution in [3.05, 3.63) is 90.0 Å². The largest absolute Gasteiger partial charge is 0.496 e. The summed E-state index contributed by atoms with van der Waals surface area (Å²) < 4.78 is 11.4. The van der Waals surface area contributed by atoms with Gasteiger partial charge in [0, 0.05) is 11.3 Å². The van der Waals surface area contributed by atoms with Crippen molar-refractivity contribution >= 4 is 50.8 Å². The quantitative estimate of drug-likeness (QED) is 0.234. The van der Waals surface area contributed by atoms with Gasteiger partial charge in [-0.15, -0.1) is 0 Å². The fourth-order valence-electron chi connectivity index (χ4n) is 4.20. The summed E-state index contributed by atoms with van der Waals surface area (Å²) in [5, 5.41) is 7.92. The molecule has 0 aliphatic carbocycles. The molecule has 5 rings (SSSR count). The highest BCUT2D eigenvalue weighted by molar-refractivity contribution is 7.80. The Labute approximate surface area is 220 Å². The predicted octanol–water partition coefficient (Wildman–Crippen LogP) is 7.30.